The van der Waals surface area contributed by atoms with Gasteiger partial charge in [-0.15, -0.1) is 0 Å². The summed E-state index contributed by atoms with van der Waals surface area (Å²) in [4.78, 5) is 4.28. The van der Waals surface area contributed by atoms with Crippen molar-refractivity contribution < 1.29 is 10.2 Å². The average molecular weight is 277 g/mol. The predicted octanol–water partition coefficient (Wildman–Crippen LogP) is 4.31. The molecule has 0 fully saturated rings. The van der Waals surface area contributed by atoms with Crippen LogP contribution in [0, 0.1) is 6.92 Å². The molecule has 0 amide bonds. The monoisotopic (exact) mass is 277 g/mol. The highest BCUT2D eigenvalue weighted by Crippen LogP contribution is 2.39. The van der Waals surface area contributed by atoms with Crippen molar-refractivity contribution in [2.75, 3.05) is 0 Å². The number of nitrogens with zero attached hydrogens (tertiary/aromatic N) is 1. The third kappa shape index (κ3) is 2.58. The van der Waals surface area contributed by atoms with E-state index in [9.17, 15) is 10.2 Å². The molecule has 0 spiro atoms. The molecule has 3 aromatic carbocycles. The fourth-order valence-corrected chi connectivity index (χ4v) is 2.22. The molecule has 21 heavy (non-hydrogen) atoms. The van der Waals surface area contributed by atoms with Gasteiger partial charge in [-0.3, -0.25) is 4.99 Å². The van der Waals surface area contributed by atoms with Crippen LogP contribution in [-0.4, -0.2) is 16.4 Å². The largest absolute Gasteiger partial charge is 0.507 e. The first-order valence-corrected chi connectivity index (χ1v) is 6.69. The summed E-state index contributed by atoms with van der Waals surface area (Å²) in [6.45, 7) is 2.02. The lowest BCUT2D eigenvalue weighted by Gasteiger charge is -2.06. The van der Waals surface area contributed by atoms with Gasteiger partial charge < -0.3 is 10.2 Å². The van der Waals surface area contributed by atoms with Gasteiger partial charge in [0.2, 0.25) is 0 Å². The van der Waals surface area contributed by atoms with Gasteiger partial charge in [-0.1, -0.05) is 54.1 Å². The van der Waals surface area contributed by atoms with E-state index in [1.54, 1.807) is 18.3 Å². The second-order valence-electron chi connectivity index (χ2n) is 4.98. The molecule has 0 saturated carbocycles. The van der Waals surface area contributed by atoms with Crippen molar-refractivity contribution >= 4 is 22.7 Å². The molecule has 3 rings (SSSR count). The molecule has 0 unspecified atom stereocenters. The van der Waals surface area contributed by atoms with Gasteiger partial charge in [0, 0.05) is 23.1 Å². The van der Waals surface area contributed by atoms with Crippen molar-refractivity contribution in [2.45, 2.75) is 6.92 Å². The van der Waals surface area contributed by atoms with Crippen LogP contribution >= 0.6 is 0 Å². The van der Waals surface area contributed by atoms with Crippen molar-refractivity contribution in [1.82, 2.24) is 0 Å². The topological polar surface area (TPSA) is 52.8 Å². The minimum Gasteiger partial charge on any atom is -0.507 e. The zero-order chi connectivity index (χ0) is 14.8. The zero-order valence-electron chi connectivity index (χ0n) is 11.6. The van der Waals surface area contributed by atoms with Gasteiger partial charge >= 0.3 is 0 Å². The normalized spacial score (nSPS) is 11.3. The molecule has 0 aliphatic rings. The summed E-state index contributed by atoms with van der Waals surface area (Å²) in [6.07, 6.45) is 1.67. The minimum absolute atomic E-state index is 0.0757. The van der Waals surface area contributed by atoms with Crippen LogP contribution in [-0.2, 0) is 0 Å². The molecule has 0 atom stereocenters. The van der Waals surface area contributed by atoms with E-state index in [4.69, 9.17) is 0 Å². The predicted molar refractivity (Wildman–Crippen MR) is 85.7 cm³/mol. The van der Waals surface area contributed by atoms with E-state index >= 15 is 0 Å². The molecule has 0 aromatic heterocycles. The highest BCUT2D eigenvalue weighted by Gasteiger charge is 2.09. The Morgan fingerprint density at radius 3 is 2.29 bits per heavy atom. The number of rotatable bonds is 2. The lowest BCUT2D eigenvalue weighted by Crippen LogP contribution is -1.82. The van der Waals surface area contributed by atoms with Crippen molar-refractivity contribution in [2.24, 2.45) is 4.99 Å². The molecule has 3 heteroatoms. The Labute approximate surface area is 122 Å². The van der Waals surface area contributed by atoms with Crippen LogP contribution in [0.5, 0.6) is 11.5 Å². The van der Waals surface area contributed by atoms with E-state index in [1.165, 1.54) is 11.6 Å². The van der Waals surface area contributed by atoms with Crippen LogP contribution in [0.15, 0.2) is 59.6 Å². The molecule has 0 radical (unpaired) electrons. The Morgan fingerprint density at radius 1 is 0.905 bits per heavy atom. The number of fused-ring (bicyclic) bond motifs is 1. The van der Waals surface area contributed by atoms with Gasteiger partial charge in [0.05, 0.1) is 0 Å². The van der Waals surface area contributed by atoms with Crippen LogP contribution < -0.4 is 0 Å². The SMILES string of the molecule is Cc1ccc(C=Nc2cc(O)c3ccccc3c2O)cc1. The van der Waals surface area contributed by atoms with Crippen LogP contribution in [0.4, 0.5) is 5.69 Å². The van der Waals surface area contributed by atoms with E-state index in [0.717, 1.165) is 5.56 Å². The maximum atomic E-state index is 10.3. The van der Waals surface area contributed by atoms with E-state index < -0.39 is 0 Å². The molecule has 0 saturated heterocycles. The lowest BCUT2D eigenvalue weighted by molar-refractivity contribution is 0.471. The second kappa shape index (κ2) is 5.29. The number of aryl methyl sites for hydroxylation is 1. The Kier molecular flexibility index (Phi) is 3.32. The molecule has 0 heterocycles. The Bertz CT molecular complexity index is 820. The summed E-state index contributed by atoms with van der Waals surface area (Å²) in [5, 5.41) is 21.5. The minimum atomic E-state index is 0.0757. The van der Waals surface area contributed by atoms with Crippen LogP contribution in [0.25, 0.3) is 10.8 Å². The number of phenolic OH excluding ortho intramolecular Hbond substituents is 2. The molecule has 0 aliphatic carbocycles. The van der Waals surface area contributed by atoms with E-state index in [1.807, 2.05) is 43.3 Å². The van der Waals surface area contributed by atoms with Crippen molar-refractivity contribution in [3.8, 4) is 11.5 Å². The number of aliphatic imine (C=N–C) groups is 1. The van der Waals surface area contributed by atoms with Gasteiger partial charge in [-0.25, -0.2) is 0 Å². The van der Waals surface area contributed by atoms with Gasteiger partial charge in [-0.2, -0.15) is 0 Å². The van der Waals surface area contributed by atoms with Crippen molar-refractivity contribution in [3.63, 3.8) is 0 Å². The number of aromatic hydroxyl groups is 2. The van der Waals surface area contributed by atoms with Gasteiger partial charge in [0.15, 0.2) is 0 Å². The molecule has 0 bridgehead atoms. The number of phenols is 2. The Balaban J connectivity index is 2.04. The molecular weight excluding hydrogens is 262 g/mol. The smallest absolute Gasteiger partial charge is 0.149 e. The highest BCUT2D eigenvalue weighted by atomic mass is 16.3. The first-order valence-electron chi connectivity index (χ1n) is 6.69. The third-order valence-corrected chi connectivity index (χ3v) is 3.40. The maximum Gasteiger partial charge on any atom is 0.149 e. The summed E-state index contributed by atoms with van der Waals surface area (Å²) in [5.74, 6) is 0.186. The van der Waals surface area contributed by atoms with Crippen LogP contribution in [0.3, 0.4) is 0 Å². The molecule has 3 aromatic rings. The van der Waals surface area contributed by atoms with Crippen molar-refractivity contribution in [3.05, 3.63) is 65.7 Å². The Hall–Kier alpha value is -2.81. The number of benzene rings is 3. The number of hydrogen-bond acceptors (Lipinski definition) is 3. The number of hydrogen-bond donors (Lipinski definition) is 2. The summed E-state index contributed by atoms with van der Waals surface area (Å²) in [5.41, 5.74) is 2.47. The summed E-state index contributed by atoms with van der Waals surface area (Å²) >= 11 is 0. The van der Waals surface area contributed by atoms with E-state index in [0.29, 0.717) is 16.5 Å². The van der Waals surface area contributed by atoms with Crippen molar-refractivity contribution in [1.29, 1.82) is 0 Å². The summed E-state index contributed by atoms with van der Waals surface area (Å²) in [6, 6.07) is 16.5. The molecule has 104 valence electrons. The lowest BCUT2D eigenvalue weighted by atomic mass is 10.1. The molecular formula is C18H15NO2. The first-order chi connectivity index (χ1) is 10.1. The Morgan fingerprint density at radius 2 is 1.57 bits per heavy atom. The van der Waals surface area contributed by atoms with Crippen LogP contribution in [0.2, 0.25) is 0 Å². The third-order valence-electron chi connectivity index (χ3n) is 3.40. The van der Waals surface area contributed by atoms with E-state index in [-0.39, 0.29) is 11.5 Å². The van der Waals surface area contributed by atoms with Gasteiger partial charge in [0.1, 0.15) is 17.2 Å². The molecule has 3 nitrogen and oxygen atoms in total. The maximum absolute atomic E-state index is 10.3. The molecule has 2 N–H and O–H groups in total. The second-order valence-corrected chi connectivity index (χ2v) is 4.98. The summed E-state index contributed by atoms with van der Waals surface area (Å²) < 4.78 is 0. The fourth-order valence-electron chi connectivity index (χ4n) is 2.22. The first kappa shape index (κ1) is 13.2. The van der Waals surface area contributed by atoms with Gasteiger partial charge in [0.25, 0.3) is 0 Å². The average Bonchev–Trinajstić information content (AvgIpc) is 2.51. The van der Waals surface area contributed by atoms with Crippen LogP contribution in [0.1, 0.15) is 11.1 Å². The van der Waals surface area contributed by atoms with E-state index in [2.05, 4.69) is 4.99 Å². The quantitative estimate of drug-likeness (QED) is 0.541. The highest BCUT2D eigenvalue weighted by molar-refractivity contribution is 5.98. The standard InChI is InChI=1S/C18H15NO2/c1-12-6-8-13(9-7-12)11-19-16-10-17(20)14-4-2-3-5-15(14)18(16)21/h2-11,20-21H,1H3. The fraction of sp³-hybridized carbons (Fsp3) is 0.0556. The zero-order valence-corrected chi connectivity index (χ0v) is 11.6. The molecule has 0 aliphatic heterocycles. The summed E-state index contributed by atoms with van der Waals surface area (Å²) in [7, 11) is 0. The van der Waals surface area contributed by atoms with Gasteiger partial charge in [-0.05, 0) is 12.5 Å².